The van der Waals surface area contributed by atoms with Gasteiger partial charge in [-0.15, -0.1) is 0 Å². The van der Waals surface area contributed by atoms with Crippen molar-refractivity contribution in [3.63, 3.8) is 0 Å². The highest BCUT2D eigenvalue weighted by molar-refractivity contribution is 5.81. The monoisotopic (exact) mass is 397 g/mol. The number of ether oxygens (including phenoxy) is 3. The van der Waals surface area contributed by atoms with Crippen LogP contribution in [-0.4, -0.2) is 24.7 Å². The Balaban J connectivity index is 1.80. The average molecular weight is 398 g/mol. The molecule has 156 valence electrons. The molecule has 1 aliphatic heterocycles. The summed E-state index contributed by atoms with van der Waals surface area (Å²) in [5, 5.41) is 3.19. The van der Waals surface area contributed by atoms with Gasteiger partial charge in [0.25, 0.3) is 5.91 Å². The van der Waals surface area contributed by atoms with E-state index in [4.69, 9.17) is 14.2 Å². The summed E-state index contributed by atoms with van der Waals surface area (Å²) in [5.41, 5.74) is 2.77. The van der Waals surface area contributed by atoms with Crippen LogP contribution in [-0.2, 0) is 4.79 Å². The molecule has 0 saturated carbocycles. The lowest BCUT2D eigenvalue weighted by Crippen LogP contribution is -2.45. The number of hydrogen-bond acceptors (Lipinski definition) is 4. The van der Waals surface area contributed by atoms with Gasteiger partial charge in [-0.05, 0) is 63.4 Å². The number of amides is 1. The molecule has 2 aromatic carbocycles. The van der Waals surface area contributed by atoms with Crippen molar-refractivity contribution in [1.82, 2.24) is 5.32 Å². The summed E-state index contributed by atoms with van der Waals surface area (Å²) in [7, 11) is 1.63. The zero-order valence-corrected chi connectivity index (χ0v) is 18.2. The molecule has 1 N–H and O–H groups in total. The zero-order valence-electron chi connectivity index (χ0n) is 18.2. The second-order valence-corrected chi connectivity index (χ2v) is 8.24. The van der Waals surface area contributed by atoms with Crippen molar-refractivity contribution in [3.8, 4) is 17.2 Å². The van der Waals surface area contributed by atoms with E-state index in [0.717, 1.165) is 33.9 Å². The van der Waals surface area contributed by atoms with Crippen LogP contribution in [0.2, 0.25) is 0 Å². The minimum Gasteiger partial charge on any atom is -0.497 e. The van der Waals surface area contributed by atoms with Crippen LogP contribution in [0.1, 0.15) is 56.3 Å². The molecule has 2 unspecified atom stereocenters. The van der Waals surface area contributed by atoms with Gasteiger partial charge >= 0.3 is 0 Å². The van der Waals surface area contributed by atoms with Gasteiger partial charge in [0.15, 0.2) is 6.10 Å². The average Bonchev–Trinajstić information content (AvgIpc) is 2.67. The van der Waals surface area contributed by atoms with E-state index in [2.05, 4.69) is 5.32 Å². The number of rotatable bonds is 6. The smallest absolute Gasteiger partial charge is 0.261 e. The van der Waals surface area contributed by atoms with Gasteiger partial charge in [-0.1, -0.05) is 19.1 Å². The lowest BCUT2D eigenvalue weighted by molar-refractivity contribution is -0.129. The fourth-order valence-electron chi connectivity index (χ4n) is 3.68. The maximum Gasteiger partial charge on any atom is 0.261 e. The van der Waals surface area contributed by atoms with Crippen LogP contribution in [0, 0.1) is 13.8 Å². The fourth-order valence-corrected chi connectivity index (χ4v) is 3.68. The number of methoxy groups -OCH3 is 1. The van der Waals surface area contributed by atoms with E-state index in [1.165, 1.54) is 0 Å². The summed E-state index contributed by atoms with van der Waals surface area (Å²) in [6.45, 7) is 10.1. The first-order valence-electron chi connectivity index (χ1n) is 10.1. The Bertz CT molecular complexity index is 890. The Morgan fingerprint density at radius 3 is 2.72 bits per heavy atom. The van der Waals surface area contributed by atoms with E-state index < -0.39 is 11.7 Å². The third-order valence-corrected chi connectivity index (χ3v) is 5.48. The fraction of sp³-hybridized carbons (Fsp3) is 0.458. The zero-order chi connectivity index (χ0) is 21.2. The van der Waals surface area contributed by atoms with Crippen LogP contribution in [0.3, 0.4) is 0 Å². The molecular formula is C24H31NO4. The summed E-state index contributed by atoms with van der Waals surface area (Å²) in [4.78, 5) is 13.1. The van der Waals surface area contributed by atoms with E-state index >= 15 is 0 Å². The molecule has 5 heteroatoms. The van der Waals surface area contributed by atoms with Crippen molar-refractivity contribution >= 4 is 5.91 Å². The highest BCUT2D eigenvalue weighted by atomic mass is 16.5. The number of nitrogens with one attached hydrogen (secondary N) is 1. The molecule has 0 aliphatic carbocycles. The molecular weight excluding hydrogens is 366 g/mol. The third-order valence-electron chi connectivity index (χ3n) is 5.48. The maximum absolute atomic E-state index is 13.1. The van der Waals surface area contributed by atoms with Crippen molar-refractivity contribution in [3.05, 3.63) is 53.1 Å². The van der Waals surface area contributed by atoms with Crippen LogP contribution in [0.25, 0.3) is 0 Å². The number of hydrogen-bond donors (Lipinski definition) is 1. The van der Waals surface area contributed by atoms with Crippen molar-refractivity contribution in [1.29, 1.82) is 0 Å². The number of fused-ring (bicyclic) bond motifs is 1. The lowest BCUT2D eigenvalue weighted by atomic mass is 9.89. The maximum atomic E-state index is 13.1. The molecule has 0 bridgehead atoms. The van der Waals surface area contributed by atoms with Gasteiger partial charge in [-0.3, -0.25) is 4.79 Å². The van der Waals surface area contributed by atoms with Crippen molar-refractivity contribution in [2.24, 2.45) is 0 Å². The SMILES string of the molecule is CCC(Oc1cccc(C)c1C)C(=O)NC1CC(C)(C)Oc2cc(OC)ccc21. The van der Waals surface area contributed by atoms with Crippen LogP contribution in [0.4, 0.5) is 0 Å². The van der Waals surface area contributed by atoms with Gasteiger partial charge in [-0.25, -0.2) is 0 Å². The largest absolute Gasteiger partial charge is 0.497 e. The van der Waals surface area contributed by atoms with Gasteiger partial charge < -0.3 is 19.5 Å². The molecule has 29 heavy (non-hydrogen) atoms. The molecule has 5 nitrogen and oxygen atoms in total. The van der Waals surface area contributed by atoms with E-state index in [1.54, 1.807) is 7.11 Å². The van der Waals surface area contributed by atoms with E-state index in [0.29, 0.717) is 12.8 Å². The minimum absolute atomic E-state index is 0.113. The number of carbonyl (C=O) groups excluding carboxylic acids is 1. The van der Waals surface area contributed by atoms with E-state index in [-0.39, 0.29) is 11.9 Å². The molecule has 3 rings (SSSR count). The molecule has 1 aliphatic rings. The third kappa shape index (κ3) is 4.66. The first kappa shape index (κ1) is 21.0. The van der Waals surface area contributed by atoms with Gasteiger partial charge in [-0.2, -0.15) is 0 Å². The molecule has 0 spiro atoms. The molecule has 0 aromatic heterocycles. The highest BCUT2D eigenvalue weighted by Gasteiger charge is 2.36. The lowest BCUT2D eigenvalue weighted by Gasteiger charge is -2.38. The Morgan fingerprint density at radius 1 is 1.28 bits per heavy atom. The molecule has 2 aromatic rings. The van der Waals surface area contributed by atoms with Crippen LogP contribution >= 0.6 is 0 Å². The predicted molar refractivity (Wildman–Crippen MR) is 114 cm³/mol. The number of aryl methyl sites for hydroxylation is 1. The minimum atomic E-state index is -0.553. The number of benzene rings is 2. The van der Waals surface area contributed by atoms with Crippen molar-refractivity contribution in [2.75, 3.05) is 7.11 Å². The molecule has 2 atom stereocenters. The Hall–Kier alpha value is -2.69. The summed E-state index contributed by atoms with van der Waals surface area (Å²) in [6, 6.07) is 11.5. The quantitative estimate of drug-likeness (QED) is 0.754. The van der Waals surface area contributed by atoms with Gasteiger partial charge in [0.2, 0.25) is 0 Å². The highest BCUT2D eigenvalue weighted by Crippen LogP contribution is 2.41. The second kappa shape index (κ2) is 8.36. The summed E-state index contributed by atoms with van der Waals surface area (Å²) in [6.07, 6.45) is 0.711. The van der Waals surface area contributed by atoms with E-state index in [1.807, 2.05) is 71.0 Å². The van der Waals surface area contributed by atoms with Gasteiger partial charge in [0, 0.05) is 18.1 Å². The summed E-state index contributed by atoms with van der Waals surface area (Å²) in [5.74, 6) is 2.12. The summed E-state index contributed by atoms with van der Waals surface area (Å²) < 4.78 is 17.5. The molecule has 0 saturated heterocycles. The van der Waals surface area contributed by atoms with Crippen LogP contribution in [0.15, 0.2) is 36.4 Å². The topological polar surface area (TPSA) is 56.8 Å². The Kier molecular flexibility index (Phi) is 6.06. The molecule has 1 heterocycles. The molecule has 0 radical (unpaired) electrons. The van der Waals surface area contributed by atoms with Gasteiger partial charge in [0.1, 0.15) is 22.8 Å². The number of carbonyl (C=O) groups is 1. The molecule has 1 amide bonds. The second-order valence-electron chi connectivity index (χ2n) is 8.24. The van der Waals surface area contributed by atoms with Crippen LogP contribution < -0.4 is 19.5 Å². The summed E-state index contributed by atoms with van der Waals surface area (Å²) >= 11 is 0. The predicted octanol–water partition coefficient (Wildman–Crippen LogP) is 4.89. The Morgan fingerprint density at radius 2 is 2.03 bits per heavy atom. The van der Waals surface area contributed by atoms with Crippen LogP contribution in [0.5, 0.6) is 17.2 Å². The van der Waals surface area contributed by atoms with E-state index in [9.17, 15) is 4.79 Å². The first-order valence-corrected chi connectivity index (χ1v) is 10.1. The molecule has 0 fully saturated rings. The normalized spacial score (nSPS) is 18.2. The first-order chi connectivity index (χ1) is 13.7. The van der Waals surface area contributed by atoms with Crippen molar-refractivity contribution in [2.45, 2.75) is 65.2 Å². The Labute approximate surface area is 173 Å². The van der Waals surface area contributed by atoms with Crippen molar-refractivity contribution < 1.29 is 19.0 Å². The van der Waals surface area contributed by atoms with Gasteiger partial charge in [0.05, 0.1) is 13.2 Å². The standard InChI is InChI=1S/C24H31NO4/c1-7-20(28-21-10-8-9-15(2)16(21)3)23(26)25-19-14-24(4,5)29-22-13-17(27-6)11-12-18(19)22/h8-13,19-20H,7,14H2,1-6H3,(H,25,26).